The van der Waals surface area contributed by atoms with E-state index in [1.807, 2.05) is 0 Å². The van der Waals surface area contributed by atoms with Crippen molar-refractivity contribution < 1.29 is 9.47 Å². The summed E-state index contributed by atoms with van der Waals surface area (Å²) in [6.07, 6.45) is 2.25. The van der Waals surface area contributed by atoms with Crippen LogP contribution in [0.3, 0.4) is 0 Å². The van der Waals surface area contributed by atoms with E-state index >= 15 is 0 Å². The highest BCUT2D eigenvalue weighted by Crippen LogP contribution is 2.39. The predicted molar refractivity (Wildman–Crippen MR) is 67.8 cm³/mol. The first kappa shape index (κ1) is 12.9. The molecule has 0 aliphatic heterocycles. The lowest BCUT2D eigenvalue weighted by Crippen LogP contribution is -2.03. The van der Waals surface area contributed by atoms with Gasteiger partial charge in [-0.1, -0.05) is 13.3 Å². The standard InChI is InChI=1S/C14H22O2/c1-7-8-12-9(2)10(3)13(15-5)14(16-6)11(12)4/h7-8H2,1-6H3. The van der Waals surface area contributed by atoms with Crippen LogP contribution in [0.15, 0.2) is 0 Å². The molecule has 0 saturated carbocycles. The minimum absolute atomic E-state index is 0.873. The van der Waals surface area contributed by atoms with Crippen LogP contribution in [0.2, 0.25) is 0 Å². The lowest BCUT2D eigenvalue weighted by Gasteiger charge is -2.20. The first-order valence-corrected chi connectivity index (χ1v) is 5.79. The summed E-state index contributed by atoms with van der Waals surface area (Å²) in [4.78, 5) is 0. The summed E-state index contributed by atoms with van der Waals surface area (Å²) in [6.45, 7) is 8.56. The zero-order valence-corrected chi connectivity index (χ0v) is 11.2. The molecule has 0 unspecified atom stereocenters. The van der Waals surface area contributed by atoms with Crippen LogP contribution in [-0.4, -0.2) is 14.2 Å². The van der Waals surface area contributed by atoms with Crippen molar-refractivity contribution in [2.24, 2.45) is 0 Å². The number of hydrogen-bond donors (Lipinski definition) is 0. The maximum Gasteiger partial charge on any atom is 0.164 e. The Kier molecular flexibility index (Phi) is 4.22. The molecule has 2 heteroatoms. The molecule has 1 aromatic rings. The summed E-state index contributed by atoms with van der Waals surface area (Å²) in [6, 6.07) is 0. The Balaban J connectivity index is 3.49. The molecule has 1 rings (SSSR count). The van der Waals surface area contributed by atoms with Gasteiger partial charge in [0.15, 0.2) is 11.5 Å². The summed E-state index contributed by atoms with van der Waals surface area (Å²) < 4.78 is 10.9. The van der Waals surface area contributed by atoms with Crippen molar-refractivity contribution in [2.45, 2.75) is 40.5 Å². The fourth-order valence-corrected chi connectivity index (χ4v) is 2.27. The van der Waals surface area contributed by atoms with Crippen molar-refractivity contribution in [1.82, 2.24) is 0 Å². The highest BCUT2D eigenvalue weighted by Gasteiger charge is 2.17. The van der Waals surface area contributed by atoms with Crippen molar-refractivity contribution in [2.75, 3.05) is 14.2 Å². The molecule has 2 nitrogen and oxygen atoms in total. The molecule has 0 saturated heterocycles. The second kappa shape index (κ2) is 5.24. The summed E-state index contributed by atoms with van der Waals surface area (Å²) in [5.74, 6) is 1.76. The normalized spacial score (nSPS) is 10.4. The Morgan fingerprint density at radius 3 is 1.75 bits per heavy atom. The van der Waals surface area contributed by atoms with E-state index in [1.165, 1.54) is 22.3 Å². The van der Waals surface area contributed by atoms with Gasteiger partial charge in [0, 0.05) is 0 Å². The van der Waals surface area contributed by atoms with E-state index in [4.69, 9.17) is 9.47 Å². The van der Waals surface area contributed by atoms with Crippen LogP contribution in [0, 0.1) is 20.8 Å². The molecule has 16 heavy (non-hydrogen) atoms. The van der Waals surface area contributed by atoms with E-state index in [-0.39, 0.29) is 0 Å². The number of hydrogen-bond acceptors (Lipinski definition) is 2. The molecule has 0 aromatic heterocycles. The molecule has 0 fully saturated rings. The summed E-state index contributed by atoms with van der Waals surface area (Å²) in [5, 5.41) is 0. The lowest BCUT2D eigenvalue weighted by molar-refractivity contribution is 0.350. The zero-order valence-electron chi connectivity index (χ0n) is 11.2. The van der Waals surface area contributed by atoms with E-state index in [2.05, 4.69) is 27.7 Å². The van der Waals surface area contributed by atoms with Crippen LogP contribution in [-0.2, 0) is 6.42 Å². The van der Waals surface area contributed by atoms with Crippen LogP contribution in [0.1, 0.15) is 35.6 Å². The predicted octanol–water partition coefficient (Wildman–Crippen LogP) is 3.58. The van der Waals surface area contributed by atoms with E-state index < -0.39 is 0 Å². The Bertz CT molecular complexity index is 381. The molecule has 0 aliphatic carbocycles. The smallest absolute Gasteiger partial charge is 0.164 e. The highest BCUT2D eigenvalue weighted by molar-refractivity contribution is 5.58. The Morgan fingerprint density at radius 2 is 1.31 bits per heavy atom. The van der Waals surface area contributed by atoms with Crippen LogP contribution in [0.25, 0.3) is 0 Å². The van der Waals surface area contributed by atoms with Gasteiger partial charge >= 0.3 is 0 Å². The van der Waals surface area contributed by atoms with Gasteiger partial charge in [-0.2, -0.15) is 0 Å². The highest BCUT2D eigenvalue weighted by atomic mass is 16.5. The lowest BCUT2D eigenvalue weighted by atomic mass is 9.93. The molecule has 0 aliphatic rings. The summed E-state index contributed by atoms with van der Waals surface area (Å²) in [7, 11) is 3.40. The number of benzene rings is 1. The molecule has 1 aromatic carbocycles. The monoisotopic (exact) mass is 222 g/mol. The van der Waals surface area contributed by atoms with Crippen LogP contribution in [0.4, 0.5) is 0 Å². The number of ether oxygens (including phenoxy) is 2. The van der Waals surface area contributed by atoms with E-state index in [9.17, 15) is 0 Å². The molecular weight excluding hydrogens is 200 g/mol. The quantitative estimate of drug-likeness (QED) is 0.775. The second-order valence-electron chi connectivity index (χ2n) is 4.17. The second-order valence-corrected chi connectivity index (χ2v) is 4.17. The molecule has 0 N–H and O–H groups in total. The third-order valence-corrected chi connectivity index (χ3v) is 3.26. The topological polar surface area (TPSA) is 18.5 Å². The molecule has 0 heterocycles. The van der Waals surface area contributed by atoms with Crippen LogP contribution >= 0.6 is 0 Å². The molecule has 0 radical (unpaired) electrons. The third-order valence-electron chi connectivity index (χ3n) is 3.26. The van der Waals surface area contributed by atoms with Gasteiger partial charge in [-0.25, -0.2) is 0 Å². The Hall–Kier alpha value is -1.18. The summed E-state index contributed by atoms with van der Waals surface area (Å²) >= 11 is 0. The SMILES string of the molecule is CCCc1c(C)c(C)c(OC)c(OC)c1C. The van der Waals surface area contributed by atoms with Gasteiger partial charge in [-0.05, 0) is 49.4 Å². The molecule has 0 amide bonds. The fourth-order valence-electron chi connectivity index (χ4n) is 2.27. The Labute approximate surface area is 98.6 Å². The first-order chi connectivity index (χ1) is 7.58. The fraction of sp³-hybridized carbons (Fsp3) is 0.571. The Morgan fingerprint density at radius 1 is 0.812 bits per heavy atom. The molecular formula is C14H22O2. The zero-order chi connectivity index (χ0) is 12.3. The number of methoxy groups -OCH3 is 2. The number of rotatable bonds is 4. The largest absolute Gasteiger partial charge is 0.493 e. The minimum atomic E-state index is 0.873. The van der Waals surface area contributed by atoms with Gasteiger partial charge in [-0.3, -0.25) is 0 Å². The molecule has 0 atom stereocenters. The van der Waals surface area contributed by atoms with Crippen molar-refractivity contribution in [3.8, 4) is 11.5 Å². The third kappa shape index (κ3) is 2.01. The van der Waals surface area contributed by atoms with Gasteiger partial charge in [0.1, 0.15) is 0 Å². The van der Waals surface area contributed by atoms with Crippen molar-refractivity contribution in [3.05, 3.63) is 22.3 Å². The van der Waals surface area contributed by atoms with Crippen molar-refractivity contribution in [3.63, 3.8) is 0 Å². The molecule has 0 bridgehead atoms. The average molecular weight is 222 g/mol. The van der Waals surface area contributed by atoms with Gasteiger partial charge < -0.3 is 9.47 Å². The summed E-state index contributed by atoms with van der Waals surface area (Å²) in [5.41, 5.74) is 5.13. The van der Waals surface area contributed by atoms with Crippen LogP contribution in [0.5, 0.6) is 11.5 Å². The first-order valence-electron chi connectivity index (χ1n) is 5.79. The van der Waals surface area contributed by atoms with Crippen molar-refractivity contribution in [1.29, 1.82) is 0 Å². The average Bonchev–Trinajstić information content (AvgIpc) is 2.29. The minimum Gasteiger partial charge on any atom is -0.493 e. The maximum absolute atomic E-state index is 5.46. The van der Waals surface area contributed by atoms with Gasteiger partial charge in [0.2, 0.25) is 0 Å². The molecule has 90 valence electrons. The van der Waals surface area contributed by atoms with E-state index in [0.29, 0.717) is 0 Å². The van der Waals surface area contributed by atoms with E-state index in [0.717, 1.165) is 24.3 Å². The maximum atomic E-state index is 5.46. The van der Waals surface area contributed by atoms with Crippen LogP contribution < -0.4 is 9.47 Å². The van der Waals surface area contributed by atoms with Gasteiger partial charge in [0.05, 0.1) is 14.2 Å². The van der Waals surface area contributed by atoms with E-state index in [1.54, 1.807) is 14.2 Å². The molecule has 0 spiro atoms. The van der Waals surface area contributed by atoms with Gasteiger partial charge in [-0.15, -0.1) is 0 Å². The van der Waals surface area contributed by atoms with Gasteiger partial charge in [0.25, 0.3) is 0 Å². The van der Waals surface area contributed by atoms with Crippen molar-refractivity contribution >= 4 is 0 Å².